The van der Waals surface area contributed by atoms with Gasteiger partial charge in [-0.05, 0) is 37.2 Å². The summed E-state index contributed by atoms with van der Waals surface area (Å²) in [5, 5.41) is 9.74. The number of carbonyl (C=O) groups excluding carboxylic acids is 2. The number of nitrogens with one attached hydrogen (secondary N) is 1. The number of nitrogens with zero attached hydrogens (tertiary/aromatic N) is 4. The van der Waals surface area contributed by atoms with Crippen LogP contribution >= 0.6 is 11.3 Å². The van der Waals surface area contributed by atoms with Crippen molar-refractivity contribution in [3.8, 4) is 0 Å². The number of amides is 2. The predicted octanol–water partition coefficient (Wildman–Crippen LogP) is 3.87. The van der Waals surface area contributed by atoms with Crippen molar-refractivity contribution in [3.63, 3.8) is 0 Å². The molecule has 7 nitrogen and oxygen atoms in total. The van der Waals surface area contributed by atoms with Gasteiger partial charge in [0.2, 0.25) is 11.8 Å². The molecule has 3 heterocycles. The monoisotopic (exact) mass is 415 g/mol. The molecule has 1 saturated carbocycles. The second-order valence-electron chi connectivity index (χ2n) is 8.42. The summed E-state index contributed by atoms with van der Waals surface area (Å²) in [6.45, 7) is 1.51. The van der Waals surface area contributed by atoms with E-state index in [1.54, 1.807) is 12.4 Å². The molecular formula is C21H29N5O2S. The molecule has 0 bridgehead atoms. The summed E-state index contributed by atoms with van der Waals surface area (Å²) >= 11 is 1.42. The molecule has 156 valence electrons. The van der Waals surface area contributed by atoms with Crippen LogP contribution in [0.2, 0.25) is 0 Å². The first-order valence-corrected chi connectivity index (χ1v) is 11.5. The molecule has 1 unspecified atom stereocenters. The van der Waals surface area contributed by atoms with Crippen LogP contribution in [0.4, 0.5) is 5.13 Å². The van der Waals surface area contributed by atoms with E-state index < -0.39 is 0 Å². The second kappa shape index (κ2) is 9.07. The van der Waals surface area contributed by atoms with Gasteiger partial charge in [0.25, 0.3) is 0 Å². The molecular weight excluding hydrogens is 386 g/mol. The summed E-state index contributed by atoms with van der Waals surface area (Å²) in [4.78, 5) is 32.0. The fourth-order valence-corrected chi connectivity index (χ4v) is 5.38. The summed E-state index contributed by atoms with van der Waals surface area (Å²) in [6.07, 6.45) is 13.6. The smallest absolute Gasteiger partial charge is 0.226 e. The van der Waals surface area contributed by atoms with Crippen LogP contribution in [0.5, 0.6) is 0 Å². The average Bonchev–Trinajstić information content (AvgIpc) is 3.43. The van der Waals surface area contributed by atoms with Gasteiger partial charge in [-0.3, -0.25) is 14.3 Å². The van der Waals surface area contributed by atoms with Gasteiger partial charge in [0.15, 0.2) is 5.13 Å². The molecule has 2 aromatic rings. The molecule has 2 fully saturated rings. The second-order valence-corrected chi connectivity index (χ2v) is 9.32. The molecule has 0 spiro atoms. The van der Waals surface area contributed by atoms with Gasteiger partial charge in [-0.1, -0.05) is 19.3 Å². The van der Waals surface area contributed by atoms with E-state index in [2.05, 4.69) is 15.4 Å². The lowest BCUT2D eigenvalue weighted by atomic mass is 9.69. The highest BCUT2D eigenvalue weighted by Gasteiger charge is 2.38. The van der Waals surface area contributed by atoms with Crippen molar-refractivity contribution >= 4 is 28.3 Å². The molecule has 1 atom stereocenters. The molecule has 2 aromatic heterocycles. The minimum atomic E-state index is -0.227. The maximum atomic E-state index is 13.2. The first-order valence-electron chi connectivity index (χ1n) is 10.6. The zero-order chi connectivity index (χ0) is 20.1. The predicted molar refractivity (Wildman–Crippen MR) is 113 cm³/mol. The molecule has 1 aliphatic carbocycles. The van der Waals surface area contributed by atoms with Crippen molar-refractivity contribution in [1.29, 1.82) is 0 Å². The molecule has 1 saturated heterocycles. The maximum Gasteiger partial charge on any atom is 0.226 e. The molecule has 2 aliphatic rings. The fourth-order valence-electron chi connectivity index (χ4n) is 4.83. The molecule has 2 amide bonds. The Morgan fingerprint density at radius 1 is 1.17 bits per heavy atom. The van der Waals surface area contributed by atoms with Gasteiger partial charge in [0, 0.05) is 49.9 Å². The number of hydrogen-bond acceptors (Lipinski definition) is 5. The zero-order valence-corrected chi connectivity index (χ0v) is 17.6. The van der Waals surface area contributed by atoms with Crippen LogP contribution in [-0.2, 0) is 9.59 Å². The molecule has 1 aliphatic heterocycles. The van der Waals surface area contributed by atoms with Crippen molar-refractivity contribution in [1.82, 2.24) is 19.7 Å². The number of thiazole rings is 1. The van der Waals surface area contributed by atoms with Gasteiger partial charge in [0.05, 0.1) is 6.04 Å². The number of anilines is 1. The van der Waals surface area contributed by atoms with E-state index in [1.165, 1.54) is 17.8 Å². The van der Waals surface area contributed by atoms with E-state index in [4.69, 9.17) is 0 Å². The van der Waals surface area contributed by atoms with Crippen molar-refractivity contribution < 1.29 is 9.59 Å². The first kappa shape index (κ1) is 20.1. The van der Waals surface area contributed by atoms with E-state index >= 15 is 0 Å². The Balaban J connectivity index is 1.40. The summed E-state index contributed by atoms with van der Waals surface area (Å²) in [7, 11) is 0. The van der Waals surface area contributed by atoms with E-state index in [1.807, 2.05) is 27.2 Å². The van der Waals surface area contributed by atoms with Crippen LogP contribution in [0, 0.1) is 5.41 Å². The SMILES string of the molecule is O=C(CC1(CC(=O)N2CCCC(n3cccn3)C2)CCCCC1)Nc1nccs1. The van der Waals surface area contributed by atoms with Gasteiger partial charge in [-0.2, -0.15) is 5.10 Å². The highest BCUT2D eigenvalue weighted by atomic mass is 32.1. The Morgan fingerprint density at radius 2 is 2.03 bits per heavy atom. The molecule has 4 rings (SSSR count). The van der Waals surface area contributed by atoms with Crippen LogP contribution in [0.1, 0.15) is 63.8 Å². The summed E-state index contributed by atoms with van der Waals surface area (Å²) < 4.78 is 1.97. The standard InChI is InChI=1S/C21H29N5O2S/c27-18(24-20-22-10-13-29-20)14-21(7-2-1-3-8-21)15-19(28)25-11-4-6-17(16-25)26-12-5-9-23-26/h5,9-10,12-13,17H,1-4,6-8,11,14-16H2,(H,22,24,27). The van der Waals surface area contributed by atoms with E-state index in [0.29, 0.717) is 24.5 Å². The molecule has 0 aromatic carbocycles. The summed E-state index contributed by atoms with van der Waals surface area (Å²) in [5.74, 6) is 0.161. The van der Waals surface area contributed by atoms with Gasteiger partial charge in [-0.15, -0.1) is 11.3 Å². The Labute approximate surface area is 175 Å². The van der Waals surface area contributed by atoms with E-state index in [-0.39, 0.29) is 23.3 Å². The number of likely N-dealkylation sites (tertiary alicyclic amines) is 1. The van der Waals surface area contributed by atoms with Crippen LogP contribution in [-0.4, -0.2) is 44.6 Å². The van der Waals surface area contributed by atoms with Crippen molar-refractivity contribution in [2.75, 3.05) is 18.4 Å². The Bertz CT molecular complexity index is 799. The topological polar surface area (TPSA) is 80.1 Å². The van der Waals surface area contributed by atoms with E-state index in [0.717, 1.165) is 45.1 Å². The molecule has 1 N–H and O–H groups in total. The largest absolute Gasteiger partial charge is 0.341 e. The number of aromatic nitrogens is 3. The minimum absolute atomic E-state index is 0.0253. The fraction of sp³-hybridized carbons (Fsp3) is 0.619. The van der Waals surface area contributed by atoms with Gasteiger partial charge < -0.3 is 10.2 Å². The summed E-state index contributed by atoms with van der Waals surface area (Å²) in [5.41, 5.74) is -0.227. The average molecular weight is 416 g/mol. The summed E-state index contributed by atoms with van der Waals surface area (Å²) in [6, 6.07) is 2.18. The van der Waals surface area contributed by atoms with Crippen LogP contribution in [0.3, 0.4) is 0 Å². The molecule has 0 radical (unpaired) electrons. The third-order valence-corrected chi connectivity index (χ3v) is 6.99. The Hall–Kier alpha value is -2.22. The minimum Gasteiger partial charge on any atom is -0.341 e. The van der Waals surface area contributed by atoms with Crippen LogP contribution < -0.4 is 5.32 Å². The van der Waals surface area contributed by atoms with Crippen molar-refractivity contribution in [3.05, 3.63) is 30.0 Å². The Kier molecular flexibility index (Phi) is 6.28. The van der Waals surface area contributed by atoms with Gasteiger partial charge in [-0.25, -0.2) is 4.98 Å². The van der Waals surface area contributed by atoms with E-state index in [9.17, 15) is 9.59 Å². The molecule has 8 heteroatoms. The maximum absolute atomic E-state index is 13.2. The lowest BCUT2D eigenvalue weighted by Gasteiger charge is -2.39. The highest BCUT2D eigenvalue weighted by molar-refractivity contribution is 7.13. The number of carbonyl (C=O) groups is 2. The first-order chi connectivity index (χ1) is 14.1. The van der Waals surface area contributed by atoms with Crippen LogP contribution in [0.15, 0.2) is 30.0 Å². The van der Waals surface area contributed by atoms with Gasteiger partial charge >= 0.3 is 0 Å². The quantitative estimate of drug-likeness (QED) is 0.777. The third kappa shape index (κ3) is 5.04. The molecule has 29 heavy (non-hydrogen) atoms. The lowest BCUT2D eigenvalue weighted by Crippen LogP contribution is -2.44. The number of rotatable bonds is 6. The number of hydrogen-bond donors (Lipinski definition) is 1. The highest BCUT2D eigenvalue weighted by Crippen LogP contribution is 2.43. The zero-order valence-electron chi connectivity index (χ0n) is 16.8. The van der Waals surface area contributed by atoms with Crippen molar-refractivity contribution in [2.45, 2.75) is 63.8 Å². The Morgan fingerprint density at radius 3 is 2.76 bits per heavy atom. The van der Waals surface area contributed by atoms with Crippen LogP contribution in [0.25, 0.3) is 0 Å². The number of piperidine rings is 1. The van der Waals surface area contributed by atoms with Gasteiger partial charge in [0.1, 0.15) is 0 Å². The third-order valence-electron chi connectivity index (χ3n) is 6.30. The van der Waals surface area contributed by atoms with Crippen molar-refractivity contribution in [2.24, 2.45) is 5.41 Å². The lowest BCUT2D eigenvalue weighted by molar-refractivity contribution is -0.136. The normalized spacial score (nSPS) is 21.7.